The summed E-state index contributed by atoms with van der Waals surface area (Å²) >= 11 is 1.85. The van der Waals surface area contributed by atoms with Gasteiger partial charge < -0.3 is 11.1 Å². The van der Waals surface area contributed by atoms with Crippen LogP contribution in [-0.2, 0) is 24.2 Å². The fourth-order valence-electron chi connectivity index (χ4n) is 3.23. The van der Waals surface area contributed by atoms with Crippen LogP contribution in [0.3, 0.4) is 0 Å². The third-order valence-electron chi connectivity index (χ3n) is 4.42. The van der Waals surface area contributed by atoms with Crippen molar-refractivity contribution in [3.63, 3.8) is 0 Å². The highest BCUT2D eigenvalue weighted by Gasteiger charge is 2.35. The Kier molecular flexibility index (Phi) is 3.63. The van der Waals surface area contributed by atoms with Gasteiger partial charge in [-0.1, -0.05) is 19.3 Å². The summed E-state index contributed by atoms with van der Waals surface area (Å²) in [6.45, 7) is 0.648. The highest BCUT2D eigenvalue weighted by Crippen LogP contribution is 2.31. The van der Waals surface area contributed by atoms with Crippen LogP contribution in [0, 0.1) is 0 Å². The molecule has 19 heavy (non-hydrogen) atoms. The molecule has 3 nitrogen and oxygen atoms in total. The molecule has 0 aliphatic heterocycles. The van der Waals surface area contributed by atoms with Crippen molar-refractivity contribution >= 4 is 17.2 Å². The maximum Gasteiger partial charge on any atom is 0.240 e. The summed E-state index contributed by atoms with van der Waals surface area (Å²) in [5.41, 5.74) is 7.11. The number of fused-ring (bicyclic) bond motifs is 1. The molecule has 1 saturated carbocycles. The zero-order valence-electron chi connectivity index (χ0n) is 11.3. The summed E-state index contributed by atoms with van der Waals surface area (Å²) in [5.74, 6) is 0.0424. The first kappa shape index (κ1) is 13.1. The summed E-state index contributed by atoms with van der Waals surface area (Å²) in [4.78, 5) is 15.0. The van der Waals surface area contributed by atoms with Crippen molar-refractivity contribution in [1.82, 2.24) is 5.32 Å². The maximum atomic E-state index is 12.2. The molecule has 1 aromatic rings. The lowest BCUT2D eigenvalue weighted by molar-refractivity contribution is -0.127. The number of hydrogen-bond donors (Lipinski definition) is 2. The summed E-state index contributed by atoms with van der Waals surface area (Å²) in [6, 6.07) is 2.26. The van der Waals surface area contributed by atoms with Gasteiger partial charge in [0.1, 0.15) is 0 Å². The molecule has 0 aromatic carbocycles. The number of carbonyl (C=O) groups is 1. The molecule has 1 heterocycles. The van der Waals surface area contributed by atoms with E-state index < -0.39 is 5.54 Å². The zero-order chi connectivity index (χ0) is 13.3. The zero-order valence-corrected chi connectivity index (χ0v) is 12.2. The molecule has 2 aliphatic rings. The molecule has 1 fully saturated rings. The number of nitrogens with one attached hydrogen (secondary N) is 1. The summed E-state index contributed by atoms with van der Waals surface area (Å²) < 4.78 is 0. The Hall–Kier alpha value is -0.870. The lowest BCUT2D eigenvalue weighted by Crippen LogP contribution is -2.54. The van der Waals surface area contributed by atoms with Crippen LogP contribution >= 0.6 is 11.3 Å². The van der Waals surface area contributed by atoms with Gasteiger partial charge in [0.25, 0.3) is 0 Å². The van der Waals surface area contributed by atoms with Gasteiger partial charge in [0.15, 0.2) is 0 Å². The molecule has 104 valence electrons. The van der Waals surface area contributed by atoms with Gasteiger partial charge in [-0.05, 0) is 43.7 Å². The summed E-state index contributed by atoms with van der Waals surface area (Å²) in [5, 5.41) is 3.04. The molecule has 0 radical (unpaired) electrons. The Morgan fingerprint density at radius 1 is 1.26 bits per heavy atom. The van der Waals surface area contributed by atoms with Crippen molar-refractivity contribution in [3.8, 4) is 0 Å². The molecule has 0 saturated heterocycles. The van der Waals surface area contributed by atoms with Crippen LogP contribution in [0.25, 0.3) is 0 Å². The Morgan fingerprint density at radius 2 is 2.05 bits per heavy atom. The number of hydrogen-bond acceptors (Lipinski definition) is 3. The smallest absolute Gasteiger partial charge is 0.240 e. The molecule has 1 amide bonds. The Labute approximate surface area is 118 Å². The van der Waals surface area contributed by atoms with Crippen molar-refractivity contribution in [2.45, 2.75) is 63.5 Å². The number of rotatable bonds is 3. The van der Waals surface area contributed by atoms with Gasteiger partial charge >= 0.3 is 0 Å². The molecular formula is C15H22N2OS. The second-order valence-corrected chi connectivity index (χ2v) is 7.14. The highest BCUT2D eigenvalue weighted by molar-refractivity contribution is 7.12. The van der Waals surface area contributed by atoms with Gasteiger partial charge in [-0.25, -0.2) is 0 Å². The second-order valence-electron chi connectivity index (χ2n) is 5.91. The van der Waals surface area contributed by atoms with Crippen LogP contribution in [0.1, 0.15) is 53.8 Å². The van der Waals surface area contributed by atoms with Crippen molar-refractivity contribution in [3.05, 3.63) is 21.4 Å². The Morgan fingerprint density at radius 3 is 2.79 bits per heavy atom. The van der Waals surface area contributed by atoms with Gasteiger partial charge in [0, 0.05) is 9.75 Å². The maximum absolute atomic E-state index is 12.2. The number of amides is 1. The minimum absolute atomic E-state index is 0.0424. The molecular weight excluding hydrogens is 256 g/mol. The third-order valence-corrected chi connectivity index (χ3v) is 5.66. The molecule has 4 heteroatoms. The largest absolute Gasteiger partial charge is 0.350 e. The number of aryl methyl sites for hydroxylation is 2. The molecule has 3 N–H and O–H groups in total. The van der Waals surface area contributed by atoms with E-state index in [-0.39, 0.29) is 5.91 Å². The van der Waals surface area contributed by atoms with Gasteiger partial charge in [0.2, 0.25) is 5.91 Å². The van der Waals surface area contributed by atoms with Crippen LogP contribution < -0.4 is 11.1 Å². The van der Waals surface area contributed by atoms with E-state index in [9.17, 15) is 4.79 Å². The van der Waals surface area contributed by atoms with Gasteiger partial charge in [-0.2, -0.15) is 0 Å². The van der Waals surface area contributed by atoms with Crippen LogP contribution in [0.2, 0.25) is 0 Å². The molecule has 0 unspecified atom stereocenters. The normalized spacial score (nSPS) is 21.1. The minimum Gasteiger partial charge on any atom is -0.350 e. The predicted molar refractivity (Wildman–Crippen MR) is 78.2 cm³/mol. The van der Waals surface area contributed by atoms with Gasteiger partial charge in [0.05, 0.1) is 12.1 Å². The lowest BCUT2D eigenvalue weighted by Gasteiger charge is -2.31. The Balaban J connectivity index is 1.57. The summed E-state index contributed by atoms with van der Waals surface area (Å²) in [6.07, 6.45) is 8.76. The average Bonchev–Trinajstić information content (AvgIpc) is 2.97. The third kappa shape index (κ3) is 2.70. The minimum atomic E-state index is -0.613. The van der Waals surface area contributed by atoms with E-state index in [1.807, 2.05) is 11.3 Å². The van der Waals surface area contributed by atoms with E-state index in [2.05, 4.69) is 11.4 Å². The standard InChI is InChI=1S/C15H22N2OS/c16-15(7-2-1-3-8-15)14(18)17-10-12-9-11-5-4-6-13(11)19-12/h9H,1-8,10,16H2,(H,17,18). The molecule has 0 bridgehead atoms. The highest BCUT2D eigenvalue weighted by atomic mass is 32.1. The first-order valence-corrected chi connectivity index (χ1v) is 8.17. The van der Waals surface area contributed by atoms with Crippen LogP contribution in [0.15, 0.2) is 6.07 Å². The quantitative estimate of drug-likeness (QED) is 0.892. The lowest BCUT2D eigenvalue weighted by atomic mass is 9.82. The van der Waals surface area contributed by atoms with Crippen molar-refractivity contribution in [1.29, 1.82) is 0 Å². The van der Waals surface area contributed by atoms with E-state index in [0.29, 0.717) is 6.54 Å². The monoisotopic (exact) mass is 278 g/mol. The molecule has 0 spiro atoms. The van der Waals surface area contributed by atoms with Crippen molar-refractivity contribution < 1.29 is 4.79 Å². The number of nitrogens with two attached hydrogens (primary N) is 1. The van der Waals surface area contributed by atoms with Gasteiger partial charge in [-0.3, -0.25) is 4.79 Å². The molecule has 0 atom stereocenters. The predicted octanol–water partition coefficient (Wildman–Crippen LogP) is 2.51. The van der Waals surface area contributed by atoms with E-state index in [4.69, 9.17) is 5.73 Å². The first-order chi connectivity index (χ1) is 9.17. The first-order valence-electron chi connectivity index (χ1n) is 7.35. The van der Waals surface area contributed by atoms with Crippen LogP contribution in [-0.4, -0.2) is 11.4 Å². The topological polar surface area (TPSA) is 55.1 Å². The summed E-state index contributed by atoms with van der Waals surface area (Å²) in [7, 11) is 0. The molecule has 1 aromatic heterocycles. The fourth-order valence-corrected chi connectivity index (χ4v) is 4.43. The van der Waals surface area contributed by atoms with E-state index >= 15 is 0 Å². The molecule has 2 aliphatic carbocycles. The average molecular weight is 278 g/mol. The van der Waals surface area contributed by atoms with E-state index in [1.165, 1.54) is 41.0 Å². The van der Waals surface area contributed by atoms with Crippen LogP contribution in [0.4, 0.5) is 0 Å². The second kappa shape index (κ2) is 5.25. The number of thiophene rings is 1. The fraction of sp³-hybridized carbons (Fsp3) is 0.667. The van der Waals surface area contributed by atoms with Crippen LogP contribution in [0.5, 0.6) is 0 Å². The van der Waals surface area contributed by atoms with Crippen molar-refractivity contribution in [2.24, 2.45) is 5.73 Å². The van der Waals surface area contributed by atoms with E-state index in [1.54, 1.807) is 0 Å². The Bertz CT molecular complexity index is 453. The number of carbonyl (C=O) groups excluding carboxylic acids is 1. The van der Waals surface area contributed by atoms with E-state index in [0.717, 1.165) is 25.7 Å². The van der Waals surface area contributed by atoms with Crippen molar-refractivity contribution in [2.75, 3.05) is 0 Å². The SMILES string of the molecule is NC1(C(=O)NCc2cc3c(s2)CCC3)CCCCC1. The van der Waals surface area contributed by atoms with Gasteiger partial charge in [-0.15, -0.1) is 11.3 Å². The molecule has 3 rings (SSSR count).